The molecule has 2 rings (SSSR count). The van der Waals surface area contributed by atoms with E-state index in [9.17, 15) is 4.79 Å². The number of carboxylic acid groups (broad SMARTS) is 1. The van der Waals surface area contributed by atoms with Crippen LogP contribution >= 0.6 is 11.6 Å². The van der Waals surface area contributed by atoms with Gasteiger partial charge in [0.15, 0.2) is 0 Å². The van der Waals surface area contributed by atoms with Gasteiger partial charge in [-0.15, -0.1) is 0 Å². The lowest BCUT2D eigenvalue weighted by Gasteiger charge is -1.96. The number of nitrogens with one attached hydrogen (secondary N) is 1. The van der Waals surface area contributed by atoms with Crippen LogP contribution in [0.1, 0.15) is 23.3 Å². The van der Waals surface area contributed by atoms with Crippen molar-refractivity contribution in [1.29, 1.82) is 0 Å². The Labute approximate surface area is 78.7 Å². The minimum Gasteiger partial charge on any atom is -0.476 e. The van der Waals surface area contributed by atoms with Gasteiger partial charge in [-0.2, -0.15) is 0 Å². The average molecular weight is 203 g/mol. The summed E-state index contributed by atoms with van der Waals surface area (Å²) in [7, 11) is 0. The quantitative estimate of drug-likeness (QED) is 0.779. The Kier molecular flexibility index (Phi) is 1.88. The zero-order valence-electron chi connectivity index (χ0n) is 6.58. The van der Waals surface area contributed by atoms with E-state index in [0.717, 1.165) is 12.8 Å². The summed E-state index contributed by atoms with van der Waals surface area (Å²) >= 11 is 5.69. The third-order valence-corrected chi connectivity index (χ3v) is 2.10. The van der Waals surface area contributed by atoms with Crippen molar-refractivity contribution in [3.8, 4) is 0 Å². The predicted octanol–water partition coefficient (Wildman–Crippen LogP) is 1.60. The Bertz CT molecular complexity index is 346. The average Bonchev–Trinajstić information content (AvgIpc) is 2.78. The van der Waals surface area contributed by atoms with Gasteiger partial charge in [0.1, 0.15) is 5.02 Å². The summed E-state index contributed by atoms with van der Waals surface area (Å²) < 4.78 is 4.73. The zero-order chi connectivity index (χ0) is 9.42. The molecule has 0 atom stereocenters. The summed E-state index contributed by atoms with van der Waals surface area (Å²) in [6, 6.07) is 0.354. The number of anilines is 1. The van der Waals surface area contributed by atoms with Crippen molar-refractivity contribution < 1.29 is 14.4 Å². The first-order chi connectivity index (χ1) is 6.18. The fraction of sp³-hybridized carbons (Fsp3) is 0.429. The number of carbonyl (C=O) groups is 1. The molecule has 1 aromatic heterocycles. The largest absolute Gasteiger partial charge is 0.476 e. The highest BCUT2D eigenvalue weighted by molar-refractivity contribution is 6.35. The maximum absolute atomic E-state index is 10.5. The maximum Gasteiger partial charge on any atom is 0.359 e. The molecule has 13 heavy (non-hydrogen) atoms. The van der Waals surface area contributed by atoms with Crippen molar-refractivity contribution >= 4 is 23.5 Å². The van der Waals surface area contributed by atoms with Crippen LogP contribution in [0, 0.1) is 0 Å². The first-order valence-electron chi connectivity index (χ1n) is 3.83. The first-order valence-corrected chi connectivity index (χ1v) is 4.21. The summed E-state index contributed by atoms with van der Waals surface area (Å²) in [5.41, 5.74) is -0.246. The van der Waals surface area contributed by atoms with E-state index in [-0.39, 0.29) is 16.6 Å². The van der Waals surface area contributed by atoms with Gasteiger partial charge in [-0.25, -0.2) is 4.79 Å². The second-order valence-corrected chi connectivity index (χ2v) is 3.28. The number of rotatable bonds is 3. The second kappa shape index (κ2) is 2.92. The van der Waals surface area contributed by atoms with Crippen LogP contribution in [0.15, 0.2) is 4.52 Å². The Balaban J connectivity index is 2.21. The van der Waals surface area contributed by atoms with Crippen LogP contribution in [0.25, 0.3) is 0 Å². The molecule has 1 aliphatic carbocycles. The molecule has 70 valence electrons. The van der Waals surface area contributed by atoms with Gasteiger partial charge < -0.3 is 14.9 Å². The first kappa shape index (κ1) is 8.37. The summed E-state index contributed by atoms with van der Waals surface area (Å²) in [6.07, 6.45) is 2.11. The van der Waals surface area contributed by atoms with E-state index in [1.54, 1.807) is 0 Å². The standard InChI is InChI=1S/C7H7ClN2O3/c8-4-5(7(11)12)10-13-6(4)9-3-1-2-3/h3,9H,1-2H2,(H,11,12). The molecule has 1 fully saturated rings. The number of carboxylic acids is 1. The molecule has 0 saturated heterocycles. The molecule has 0 aromatic carbocycles. The van der Waals surface area contributed by atoms with E-state index in [0.29, 0.717) is 6.04 Å². The van der Waals surface area contributed by atoms with Gasteiger partial charge >= 0.3 is 5.97 Å². The number of nitrogens with zero attached hydrogens (tertiary/aromatic N) is 1. The Hall–Kier alpha value is -1.23. The van der Waals surface area contributed by atoms with Crippen molar-refractivity contribution in [3.05, 3.63) is 10.7 Å². The lowest BCUT2D eigenvalue weighted by atomic mass is 10.4. The van der Waals surface area contributed by atoms with Crippen LogP contribution in [-0.2, 0) is 0 Å². The van der Waals surface area contributed by atoms with Crippen molar-refractivity contribution in [2.24, 2.45) is 0 Å². The van der Waals surface area contributed by atoms with E-state index < -0.39 is 5.97 Å². The number of hydrogen-bond acceptors (Lipinski definition) is 4. The molecule has 0 unspecified atom stereocenters. The van der Waals surface area contributed by atoms with Crippen LogP contribution in [0.3, 0.4) is 0 Å². The van der Waals surface area contributed by atoms with Crippen LogP contribution in [0.2, 0.25) is 5.02 Å². The van der Waals surface area contributed by atoms with E-state index >= 15 is 0 Å². The van der Waals surface area contributed by atoms with Gasteiger partial charge in [-0.05, 0) is 12.8 Å². The van der Waals surface area contributed by atoms with Gasteiger partial charge in [0.25, 0.3) is 0 Å². The van der Waals surface area contributed by atoms with Crippen molar-refractivity contribution in [1.82, 2.24) is 5.16 Å². The van der Waals surface area contributed by atoms with Crippen LogP contribution < -0.4 is 5.32 Å². The molecule has 0 bridgehead atoms. The van der Waals surface area contributed by atoms with E-state index in [1.165, 1.54) is 0 Å². The molecule has 6 heteroatoms. The fourth-order valence-electron chi connectivity index (χ4n) is 0.915. The minimum absolute atomic E-state index is 0.0411. The van der Waals surface area contributed by atoms with Crippen molar-refractivity contribution in [3.63, 3.8) is 0 Å². The van der Waals surface area contributed by atoms with Crippen LogP contribution in [0.4, 0.5) is 5.88 Å². The third kappa shape index (κ3) is 1.60. The lowest BCUT2D eigenvalue weighted by Crippen LogP contribution is -2.00. The van der Waals surface area contributed by atoms with Crippen molar-refractivity contribution in [2.45, 2.75) is 18.9 Å². The highest BCUT2D eigenvalue weighted by Gasteiger charge is 2.26. The third-order valence-electron chi connectivity index (χ3n) is 1.75. The maximum atomic E-state index is 10.5. The molecule has 0 amide bonds. The van der Waals surface area contributed by atoms with Gasteiger partial charge in [0.2, 0.25) is 11.6 Å². The van der Waals surface area contributed by atoms with Gasteiger partial charge in [-0.1, -0.05) is 16.8 Å². The molecule has 0 radical (unpaired) electrons. The predicted molar refractivity (Wildman–Crippen MR) is 45.1 cm³/mol. The smallest absolute Gasteiger partial charge is 0.359 e. The highest BCUT2D eigenvalue weighted by Crippen LogP contribution is 2.31. The van der Waals surface area contributed by atoms with Crippen molar-refractivity contribution in [2.75, 3.05) is 5.32 Å². The highest BCUT2D eigenvalue weighted by atomic mass is 35.5. The molecule has 2 N–H and O–H groups in total. The number of hydrogen-bond donors (Lipinski definition) is 2. The molecule has 1 aliphatic rings. The molecule has 5 nitrogen and oxygen atoms in total. The Morgan fingerprint density at radius 3 is 2.85 bits per heavy atom. The lowest BCUT2D eigenvalue weighted by molar-refractivity contribution is 0.0686. The van der Waals surface area contributed by atoms with Gasteiger partial charge in [-0.3, -0.25) is 0 Å². The normalized spacial score (nSPS) is 15.8. The molecule has 1 heterocycles. The Morgan fingerprint density at radius 2 is 2.38 bits per heavy atom. The summed E-state index contributed by atoms with van der Waals surface area (Å²) in [5.74, 6) is -0.931. The Morgan fingerprint density at radius 1 is 1.69 bits per heavy atom. The molecule has 0 aliphatic heterocycles. The molecular weight excluding hydrogens is 196 g/mol. The summed E-state index contributed by atoms with van der Waals surface area (Å²) in [6.45, 7) is 0. The monoisotopic (exact) mass is 202 g/mol. The van der Waals surface area contributed by atoms with E-state index in [1.807, 2.05) is 0 Å². The molecule has 0 spiro atoms. The van der Waals surface area contributed by atoms with Crippen LogP contribution in [0.5, 0.6) is 0 Å². The number of aromatic carboxylic acids is 1. The minimum atomic E-state index is -1.18. The van der Waals surface area contributed by atoms with Gasteiger partial charge in [0, 0.05) is 6.04 Å². The van der Waals surface area contributed by atoms with Gasteiger partial charge in [0.05, 0.1) is 0 Å². The van der Waals surface area contributed by atoms with E-state index in [2.05, 4.69) is 10.5 Å². The zero-order valence-corrected chi connectivity index (χ0v) is 7.34. The second-order valence-electron chi connectivity index (χ2n) is 2.90. The topological polar surface area (TPSA) is 75.4 Å². The molecular formula is C7H7ClN2O3. The SMILES string of the molecule is O=C(O)c1noc(NC2CC2)c1Cl. The summed E-state index contributed by atoms with van der Waals surface area (Å²) in [4.78, 5) is 10.5. The van der Waals surface area contributed by atoms with Crippen LogP contribution in [-0.4, -0.2) is 22.3 Å². The summed E-state index contributed by atoms with van der Waals surface area (Å²) in [5, 5.41) is 14.9. The number of halogens is 1. The molecule has 1 saturated carbocycles. The van der Waals surface area contributed by atoms with E-state index in [4.69, 9.17) is 21.2 Å². The molecule has 1 aromatic rings. The fourth-order valence-corrected chi connectivity index (χ4v) is 1.12. The number of aromatic nitrogens is 1.